The van der Waals surface area contributed by atoms with E-state index in [1.165, 1.54) is 12.1 Å². The van der Waals surface area contributed by atoms with Crippen LogP contribution in [0.25, 0.3) is 5.69 Å². The predicted octanol–water partition coefficient (Wildman–Crippen LogP) is 4.33. The molecule has 0 fully saturated rings. The molecule has 0 aliphatic rings. The first-order valence-electron chi connectivity index (χ1n) is 11.0. The molecule has 1 unspecified atom stereocenters. The highest BCUT2D eigenvalue weighted by atomic mass is 19.1. The molecule has 0 saturated carbocycles. The van der Waals surface area contributed by atoms with Crippen LogP contribution in [-0.4, -0.2) is 52.2 Å². The lowest BCUT2D eigenvalue weighted by atomic mass is 10.2. The second-order valence-electron chi connectivity index (χ2n) is 7.78. The van der Waals surface area contributed by atoms with Crippen LogP contribution in [0.5, 0.6) is 11.6 Å². The van der Waals surface area contributed by atoms with Crippen LogP contribution in [-0.2, 0) is 11.3 Å². The first-order valence-corrected chi connectivity index (χ1v) is 11.0. The Morgan fingerprint density at radius 3 is 2.70 bits per heavy atom. The number of benzene rings is 2. The number of terminal acetylenes is 1. The number of aromatic nitrogens is 2. The van der Waals surface area contributed by atoms with Gasteiger partial charge < -0.3 is 14.6 Å². The number of aliphatic hydroxyl groups excluding tert-OH is 1. The van der Waals surface area contributed by atoms with E-state index in [1.54, 1.807) is 16.8 Å². The van der Waals surface area contributed by atoms with Gasteiger partial charge in [0.25, 0.3) is 0 Å². The Bertz CT molecular complexity index is 1060. The van der Waals surface area contributed by atoms with Crippen LogP contribution in [0, 0.1) is 25.1 Å². The van der Waals surface area contributed by atoms with Crippen molar-refractivity contribution in [2.75, 3.05) is 26.3 Å². The summed E-state index contributed by atoms with van der Waals surface area (Å²) in [6, 6.07) is 15.7. The Balaban J connectivity index is 1.92. The molecule has 0 bridgehead atoms. The fourth-order valence-electron chi connectivity index (χ4n) is 3.59. The van der Waals surface area contributed by atoms with Crippen molar-refractivity contribution in [1.29, 1.82) is 0 Å². The van der Waals surface area contributed by atoms with Crippen molar-refractivity contribution in [3.63, 3.8) is 0 Å². The Kier molecular flexibility index (Phi) is 9.02. The highest BCUT2D eigenvalue weighted by Crippen LogP contribution is 2.32. The summed E-state index contributed by atoms with van der Waals surface area (Å²) in [4.78, 5) is 2.13. The van der Waals surface area contributed by atoms with Crippen LogP contribution in [0.2, 0.25) is 0 Å². The van der Waals surface area contributed by atoms with Gasteiger partial charge in [-0.05, 0) is 44.2 Å². The average molecular weight is 452 g/mol. The first kappa shape index (κ1) is 24.5. The lowest BCUT2D eigenvalue weighted by Gasteiger charge is -2.25. The van der Waals surface area contributed by atoms with Gasteiger partial charge in [-0.2, -0.15) is 5.10 Å². The van der Waals surface area contributed by atoms with Crippen molar-refractivity contribution in [3.8, 4) is 29.7 Å². The number of nitrogens with zero attached hydrogens (tertiary/aromatic N) is 3. The molecule has 3 rings (SSSR count). The number of para-hydroxylation sites is 1. The maximum absolute atomic E-state index is 13.8. The van der Waals surface area contributed by atoms with Crippen molar-refractivity contribution in [2.45, 2.75) is 32.9 Å². The minimum Gasteiger partial charge on any atom is -0.438 e. The maximum atomic E-state index is 13.8. The van der Waals surface area contributed by atoms with E-state index >= 15 is 0 Å². The first-order chi connectivity index (χ1) is 16.0. The molecule has 174 valence electrons. The molecule has 1 heterocycles. The number of hydrogen-bond acceptors (Lipinski definition) is 5. The van der Waals surface area contributed by atoms with E-state index in [0.717, 1.165) is 29.9 Å². The summed E-state index contributed by atoms with van der Waals surface area (Å²) in [5, 5.41) is 15.1. The van der Waals surface area contributed by atoms with E-state index in [-0.39, 0.29) is 19.0 Å². The fourth-order valence-corrected chi connectivity index (χ4v) is 3.59. The minimum absolute atomic E-state index is 0.166. The Labute approximate surface area is 194 Å². The Morgan fingerprint density at radius 2 is 2.00 bits per heavy atom. The fraction of sp³-hybridized carbons (Fsp3) is 0.346. The molecule has 0 saturated heterocycles. The van der Waals surface area contributed by atoms with E-state index in [9.17, 15) is 9.50 Å². The third-order valence-electron chi connectivity index (χ3n) is 5.03. The molecule has 7 heteroatoms. The van der Waals surface area contributed by atoms with Crippen molar-refractivity contribution < 1.29 is 19.0 Å². The summed E-state index contributed by atoms with van der Waals surface area (Å²) < 4.78 is 27.0. The van der Waals surface area contributed by atoms with Gasteiger partial charge in [-0.1, -0.05) is 37.1 Å². The topological polar surface area (TPSA) is 59.8 Å². The number of ether oxygens (including phenoxy) is 2. The largest absolute Gasteiger partial charge is 0.438 e. The molecule has 0 aliphatic heterocycles. The van der Waals surface area contributed by atoms with Crippen molar-refractivity contribution in [1.82, 2.24) is 14.7 Å². The second-order valence-corrected chi connectivity index (χ2v) is 7.78. The van der Waals surface area contributed by atoms with E-state index in [2.05, 4.69) is 17.7 Å². The molecule has 1 aromatic heterocycles. The molecule has 1 atom stereocenters. The maximum Gasteiger partial charge on any atom is 0.227 e. The van der Waals surface area contributed by atoms with Gasteiger partial charge in [-0.15, -0.1) is 6.42 Å². The summed E-state index contributed by atoms with van der Waals surface area (Å²) in [6.45, 7) is 6.01. The molecule has 0 aliphatic carbocycles. The molecule has 0 amide bonds. The molecule has 1 N–H and O–H groups in total. The molecule has 2 aromatic carbocycles. The summed E-state index contributed by atoms with van der Waals surface area (Å²) in [5.41, 5.74) is 2.50. The van der Waals surface area contributed by atoms with Crippen molar-refractivity contribution in [2.24, 2.45) is 0 Å². The quantitative estimate of drug-likeness (QED) is 0.328. The summed E-state index contributed by atoms with van der Waals surface area (Å²) in [6.07, 6.45) is 5.44. The third kappa shape index (κ3) is 6.90. The van der Waals surface area contributed by atoms with Gasteiger partial charge in [-0.25, -0.2) is 9.07 Å². The van der Waals surface area contributed by atoms with Crippen molar-refractivity contribution >= 4 is 0 Å². The summed E-state index contributed by atoms with van der Waals surface area (Å²) in [7, 11) is 0. The number of halogens is 1. The molecule has 0 radical (unpaired) electrons. The molecular weight excluding hydrogens is 421 g/mol. The van der Waals surface area contributed by atoms with Crippen LogP contribution in [0.1, 0.15) is 24.6 Å². The lowest BCUT2D eigenvalue weighted by molar-refractivity contribution is 0.0259. The SMILES string of the molecule is C#CCOCC(O)CN(CCC)Cc1c(C)nn(-c2ccccc2)c1Oc1cccc(F)c1. The summed E-state index contributed by atoms with van der Waals surface area (Å²) >= 11 is 0. The monoisotopic (exact) mass is 451 g/mol. The van der Waals surface area contributed by atoms with Gasteiger partial charge >= 0.3 is 0 Å². The van der Waals surface area contributed by atoms with Crippen LogP contribution in [0.3, 0.4) is 0 Å². The van der Waals surface area contributed by atoms with E-state index < -0.39 is 6.10 Å². The zero-order valence-corrected chi connectivity index (χ0v) is 19.1. The Hall–Kier alpha value is -3.18. The van der Waals surface area contributed by atoms with Gasteiger partial charge in [-0.3, -0.25) is 4.90 Å². The van der Waals surface area contributed by atoms with Gasteiger partial charge in [0.15, 0.2) is 0 Å². The van der Waals surface area contributed by atoms with E-state index in [0.29, 0.717) is 24.7 Å². The van der Waals surface area contributed by atoms with Crippen LogP contribution < -0.4 is 4.74 Å². The zero-order valence-electron chi connectivity index (χ0n) is 19.1. The van der Waals surface area contributed by atoms with Crippen LogP contribution in [0.15, 0.2) is 54.6 Å². The number of hydrogen-bond donors (Lipinski definition) is 1. The lowest BCUT2D eigenvalue weighted by Crippen LogP contribution is -2.35. The third-order valence-corrected chi connectivity index (χ3v) is 5.03. The highest BCUT2D eigenvalue weighted by molar-refractivity contribution is 5.43. The molecule has 33 heavy (non-hydrogen) atoms. The van der Waals surface area contributed by atoms with E-state index in [4.69, 9.17) is 21.0 Å². The van der Waals surface area contributed by atoms with E-state index in [1.807, 2.05) is 37.3 Å². The smallest absolute Gasteiger partial charge is 0.227 e. The molecular formula is C26H30FN3O3. The van der Waals surface area contributed by atoms with Crippen molar-refractivity contribution in [3.05, 3.63) is 71.7 Å². The van der Waals surface area contributed by atoms with Gasteiger partial charge in [0.05, 0.1) is 29.7 Å². The predicted molar refractivity (Wildman–Crippen MR) is 126 cm³/mol. The molecule has 0 spiro atoms. The molecule has 3 aromatic rings. The van der Waals surface area contributed by atoms with Crippen LogP contribution >= 0.6 is 0 Å². The van der Waals surface area contributed by atoms with Gasteiger partial charge in [0, 0.05) is 19.2 Å². The zero-order chi connectivity index (χ0) is 23.6. The normalized spacial score (nSPS) is 12.0. The standard InChI is InChI=1S/C26H30FN3O3/c1-4-14-29(17-23(31)19-32-15-5-2)18-25-20(3)28-30(22-11-7-6-8-12-22)26(25)33-24-13-9-10-21(27)16-24/h2,6-13,16,23,31H,4,14-15,17-19H2,1,3H3. The summed E-state index contributed by atoms with van der Waals surface area (Å²) in [5.74, 6) is 2.93. The number of aryl methyl sites for hydroxylation is 1. The minimum atomic E-state index is -0.679. The Morgan fingerprint density at radius 1 is 1.21 bits per heavy atom. The van der Waals surface area contributed by atoms with Gasteiger partial charge in [0.2, 0.25) is 5.88 Å². The molecule has 6 nitrogen and oxygen atoms in total. The van der Waals surface area contributed by atoms with Gasteiger partial charge in [0.1, 0.15) is 18.2 Å². The van der Waals surface area contributed by atoms with Crippen LogP contribution in [0.4, 0.5) is 4.39 Å². The second kappa shape index (κ2) is 12.2. The highest BCUT2D eigenvalue weighted by Gasteiger charge is 2.22. The number of aliphatic hydroxyl groups is 1. The average Bonchev–Trinajstić information content (AvgIpc) is 3.10. The number of rotatable bonds is 12.